The first-order valence-corrected chi connectivity index (χ1v) is 9.65. The molecule has 1 heterocycles. The molecule has 0 aliphatic carbocycles. The summed E-state index contributed by atoms with van der Waals surface area (Å²) in [5, 5.41) is 15.4. The number of aliphatic hydroxyl groups is 1. The highest BCUT2D eigenvalue weighted by Crippen LogP contribution is 2.27. The molecule has 3 N–H and O–H groups in total. The first-order chi connectivity index (χ1) is 14.6. The molecular formula is C24H21N3O3. The van der Waals surface area contributed by atoms with Crippen LogP contribution in [0.1, 0.15) is 24.1 Å². The molecule has 1 aromatic heterocycles. The zero-order valence-corrected chi connectivity index (χ0v) is 16.4. The van der Waals surface area contributed by atoms with Crippen LogP contribution < -0.4 is 21.5 Å². The fourth-order valence-corrected chi connectivity index (χ4v) is 3.28. The van der Waals surface area contributed by atoms with Crippen molar-refractivity contribution in [2.24, 2.45) is 0 Å². The molecule has 0 aliphatic heterocycles. The Kier molecular flexibility index (Phi) is 5.41. The SMILES string of the molecule is C[C@@H](Nc1c(Nc2ccnc(-c3ccc(CO)cc3)c2)c(=O)c1=O)c1ccccc1. The molecule has 4 aromatic rings. The van der Waals surface area contributed by atoms with Crippen LogP contribution in [0.15, 0.2) is 82.5 Å². The maximum Gasteiger partial charge on any atom is 0.253 e. The van der Waals surface area contributed by atoms with Gasteiger partial charge in [0.25, 0.3) is 10.9 Å². The van der Waals surface area contributed by atoms with E-state index in [-0.39, 0.29) is 18.3 Å². The van der Waals surface area contributed by atoms with Gasteiger partial charge < -0.3 is 15.7 Å². The van der Waals surface area contributed by atoms with Crippen LogP contribution in [0.2, 0.25) is 0 Å². The van der Waals surface area contributed by atoms with Crippen molar-refractivity contribution in [3.05, 3.63) is 105 Å². The van der Waals surface area contributed by atoms with Crippen LogP contribution in [0.5, 0.6) is 0 Å². The van der Waals surface area contributed by atoms with Crippen LogP contribution in [-0.4, -0.2) is 10.1 Å². The van der Waals surface area contributed by atoms with E-state index < -0.39 is 10.9 Å². The summed E-state index contributed by atoms with van der Waals surface area (Å²) in [5.41, 5.74) is 3.60. The number of pyridine rings is 1. The van der Waals surface area contributed by atoms with Crippen molar-refractivity contribution in [2.75, 3.05) is 10.6 Å². The molecule has 6 nitrogen and oxygen atoms in total. The van der Waals surface area contributed by atoms with Gasteiger partial charge in [0, 0.05) is 23.5 Å². The van der Waals surface area contributed by atoms with Gasteiger partial charge in [-0.25, -0.2) is 0 Å². The molecule has 0 radical (unpaired) electrons. The fourth-order valence-electron chi connectivity index (χ4n) is 3.28. The van der Waals surface area contributed by atoms with Crippen molar-refractivity contribution in [2.45, 2.75) is 19.6 Å². The number of hydrogen-bond acceptors (Lipinski definition) is 6. The number of anilines is 3. The Bertz CT molecular complexity index is 1230. The quantitative estimate of drug-likeness (QED) is 0.410. The standard InChI is InChI=1S/C24H21N3O3/c1-15(17-5-3-2-4-6-17)26-21-22(24(30)23(21)29)27-19-11-12-25-20(13-19)18-9-7-16(14-28)8-10-18/h2-13,15,26,28H,14H2,1H3,(H,25,27)/t15-/m1/s1. The summed E-state index contributed by atoms with van der Waals surface area (Å²) in [6, 6.07) is 20.6. The summed E-state index contributed by atoms with van der Waals surface area (Å²) in [6.07, 6.45) is 1.64. The van der Waals surface area contributed by atoms with E-state index in [4.69, 9.17) is 0 Å². The van der Waals surface area contributed by atoms with Gasteiger partial charge in [0.1, 0.15) is 11.4 Å². The second kappa shape index (κ2) is 8.31. The number of hydrogen-bond donors (Lipinski definition) is 3. The van der Waals surface area contributed by atoms with Gasteiger partial charge in [0.15, 0.2) is 0 Å². The highest BCUT2D eigenvalue weighted by Gasteiger charge is 2.23. The summed E-state index contributed by atoms with van der Waals surface area (Å²) in [5.74, 6) is 0. The lowest BCUT2D eigenvalue weighted by atomic mass is 10.1. The predicted octanol–water partition coefficient (Wildman–Crippen LogP) is 3.75. The van der Waals surface area contributed by atoms with Gasteiger partial charge in [-0.15, -0.1) is 0 Å². The molecule has 30 heavy (non-hydrogen) atoms. The molecule has 3 aromatic carbocycles. The lowest BCUT2D eigenvalue weighted by Gasteiger charge is -2.20. The summed E-state index contributed by atoms with van der Waals surface area (Å²) >= 11 is 0. The maximum atomic E-state index is 12.2. The van der Waals surface area contributed by atoms with Crippen LogP contribution in [0.25, 0.3) is 11.3 Å². The molecule has 0 bridgehead atoms. The maximum absolute atomic E-state index is 12.2. The minimum Gasteiger partial charge on any atom is -0.392 e. The smallest absolute Gasteiger partial charge is 0.253 e. The second-order valence-electron chi connectivity index (χ2n) is 7.09. The van der Waals surface area contributed by atoms with Gasteiger partial charge in [-0.05, 0) is 30.2 Å². The van der Waals surface area contributed by atoms with Crippen LogP contribution >= 0.6 is 0 Å². The highest BCUT2D eigenvalue weighted by molar-refractivity contribution is 5.80. The molecule has 0 fully saturated rings. The van der Waals surface area contributed by atoms with Crippen LogP contribution in [0, 0.1) is 0 Å². The summed E-state index contributed by atoms with van der Waals surface area (Å²) in [4.78, 5) is 28.7. The van der Waals surface area contributed by atoms with E-state index >= 15 is 0 Å². The van der Waals surface area contributed by atoms with Gasteiger partial charge >= 0.3 is 0 Å². The van der Waals surface area contributed by atoms with Crippen molar-refractivity contribution < 1.29 is 5.11 Å². The molecule has 0 saturated carbocycles. The molecule has 0 saturated heterocycles. The number of rotatable bonds is 7. The van der Waals surface area contributed by atoms with E-state index in [1.807, 2.05) is 67.6 Å². The Hall–Kier alpha value is -3.77. The van der Waals surface area contributed by atoms with Gasteiger partial charge in [0.2, 0.25) is 0 Å². The summed E-state index contributed by atoms with van der Waals surface area (Å²) < 4.78 is 0. The summed E-state index contributed by atoms with van der Waals surface area (Å²) in [7, 11) is 0. The van der Waals surface area contributed by atoms with Crippen molar-refractivity contribution in [1.82, 2.24) is 4.98 Å². The third kappa shape index (κ3) is 3.86. The minimum atomic E-state index is -0.538. The normalized spacial score (nSPS) is 11.9. The lowest BCUT2D eigenvalue weighted by Crippen LogP contribution is -2.37. The topological polar surface area (TPSA) is 91.3 Å². The van der Waals surface area contributed by atoms with E-state index in [0.717, 1.165) is 22.4 Å². The van der Waals surface area contributed by atoms with Crippen molar-refractivity contribution in [3.8, 4) is 11.3 Å². The number of nitrogens with one attached hydrogen (secondary N) is 2. The molecule has 0 unspecified atom stereocenters. The van der Waals surface area contributed by atoms with E-state index in [9.17, 15) is 14.7 Å². The molecule has 1 atom stereocenters. The molecule has 0 spiro atoms. The average molecular weight is 399 g/mol. The van der Waals surface area contributed by atoms with E-state index in [0.29, 0.717) is 11.4 Å². The van der Waals surface area contributed by atoms with Gasteiger partial charge in [0.05, 0.1) is 12.3 Å². The van der Waals surface area contributed by atoms with Gasteiger partial charge in [-0.1, -0.05) is 54.6 Å². The molecule has 6 heteroatoms. The fraction of sp³-hybridized carbons (Fsp3) is 0.125. The van der Waals surface area contributed by atoms with Crippen molar-refractivity contribution in [3.63, 3.8) is 0 Å². The number of aromatic nitrogens is 1. The largest absolute Gasteiger partial charge is 0.392 e. The molecule has 4 rings (SSSR count). The zero-order chi connectivity index (χ0) is 21.1. The Morgan fingerprint density at radius 3 is 2.33 bits per heavy atom. The zero-order valence-electron chi connectivity index (χ0n) is 16.4. The van der Waals surface area contributed by atoms with Crippen LogP contribution in [0.4, 0.5) is 17.1 Å². The van der Waals surface area contributed by atoms with Crippen molar-refractivity contribution >= 4 is 17.1 Å². The first kappa shape index (κ1) is 19.5. The Balaban J connectivity index is 1.56. The Morgan fingerprint density at radius 1 is 0.933 bits per heavy atom. The van der Waals surface area contributed by atoms with E-state index in [1.54, 1.807) is 12.3 Å². The third-order valence-corrected chi connectivity index (χ3v) is 5.03. The number of aliphatic hydroxyl groups excluding tert-OH is 1. The van der Waals surface area contributed by atoms with Crippen LogP contribution in [0.3, 0.4) is 0 Å². The Labute approximate surface area is 173 Å². The predicted molar refractivity (Wildman–Crippen MR) is 119 cm³/mol. The van der Waals surface area contributed by atoms with Gasteiger partial charge in [-0.3, -0.25) is 14.6 Å². The molecule has 0 amide bonds. The number of nitrogens with zero attached hydrogens (tertiary/aromatic N) is 1. The monoisotopic (exact) mass is 399 g/mol. The minimum absolute atomic E-state index is 0.0171. The lowest BCUT2D eigenvalue weighted by molar-refractivity contribution is 0.282. The molecular weight excluding hydrogens is 378 g/mol. The second-order valence-corrected chi connectivity index (χ2v) is 7.09. The molecule has 0 aliphatic rings. The average Bonchev–Trinajstić information content (AvgIpc) is 2.81. The Morgan fingerprint density at radius 2 is 1.63 bits per heavy atom. The van der Waals surface area contributed by atoms with Crippen LogP contribution in [-0.2, 0) is 6.61 Å². The van der Waals surface area contributed by atoms with E-state index in [2.05, 4.69) is 15.6 Å². The first-order valence-electron chi connectivity index (χ1n) is 9.65. The number of benzene rings is 2. The molecule has 150 valence electrons. The summed E-state index contributed by atoms with van der Waals surface area (Å²) in [6.45, 7) is 1.92. The van der Waals surface area contributed by atoms with E-state index in [1.165, 1.54) is 0 Å². The third-order valence-electron chi connectivity index (χ3n) is 5.03. The van der Waals surface area contributed by atoms with Crippen molar-refractivity contribution in [1.29, 1.82) is 0 Å². The van der Waals surface area contributed by atoms with Gasteiger partial charge in [-0.2, -0.15) is 0 Å². The highest BCUT2D eigenvalue weighted by atomic mass is 16.3.